The molecule has 0 radical (unpaired) electrons. The quantitative estimate of drug-likeness (QED) is 0.599. The summed E-state index contributed by atoms with van der Waals surface area (Å²) in [5.74, 6) is -2.60. The number of hydrogen-bond acceptors (Lipinski definition) is 6. The molecule has 0 saturated heterocycles. The number of carbonyl (C=O) groups is 1. The summed E-state index contributed by atoms with van der Waals surface area (Å²) in [5, 5.41) is 0. The molecule has 1 aliphatic rings. The second kappa shape index (κ2) is 2.61. The third kappa shape index (κ3) is 1.37. The minimum Gasteiger partial charge on any atom is -0.343 e. The molecule has 9 heteroatoms. The van der Waals surface area contributed by atoms with Crippen molar-refractivity contribution < 1.29 is 21.8 Å². The summed E-state index contributed by atoms with van der Waals surface area (Å²) in [6, 6.07) is 0. The molecule has 1 aliphatic heterocycles. The Hall–Kier alpha value is -1.77. The molecule has 0 aliphatic carbocycles. The molecule has 0 atom stereocenters. The van der Waals surface area contributed by atoms with Crippen LogP contribution in [0.5, 0.6) is 5.88 Å². The zero-order chi connectivity index (χ0) is 10.3. The van der Waals surface area contributed by atoms with Crippen LogP contribution < -0.4 is 8.91 Å². The van der Waals surface area contributed by atoms with E-state index in [0.717, 1.165) is 0 Å². The van der Waals surface area contributed by atoms with E-state index in [0.29, 0.717) is 6.20 Å². The first kappa shape index (κ1) is 8.81. The van der Waals surface area contributed by atoms with Gasteiger partial charge in [-0.2, -0.15) is 12.8 Å². The summed E-state index contributed by atoms with van der Waals surface area (Å²) >= 11 is 0. The number of amides is 1. The number of aromatic nitrogens is 2. The highest BCUT2D eigenvalue weighted by Gasteiger charge is 2.31. The molecule has 1 N–H and O–H groups in total. The predicted molar refractivity (Wildman–Crippen MR) is 39.0 cm³/mol. The van der Waals surface area contributed by atoms with Gasteiger partial charge in [-0.1, -0.05) is 0 Å². The fourth-order valence-corrected chi connectivity index (χ4v) is 1.55. The number of fused-ring (bicyclic) bond motifs is 1. The largest absolute Gasteiger partial charge is 0.411 e. The molecule has 1 aromatic heterocycles. The van der Waals surface area contributed by atoms with E-state index in [4.69, 9.17) is 0 Å². The van der Waals surface area contributed by atoms with Crippen LogP contribution in [-0.4, -0.2) is 24.3 Å². The van der Waals surface area contributed by atoms with Crippen LogP contribution in [0.4, 0.5) is 4.39 Å². The van der Waals surface area contributed by atoms with Gasteiger partial charge < -0.3 is 4.18 Å². The Morgan fingerprint density at radius 1 is 1.50 bits per heavy atom. The van der Waals surface area contributed by atoms with Gasteiger partial charge in [-0.15, -0.1) is 0 Å². The zero-order valence-electron chi connectivity index (χ0n) is 6.39. The van der Waals surface area contributed by atoms with Crippen molar-refractivity contribution in [3.8, 4) is 5.88 Å². The van der Waals surface area contributed by atoms with E-state index in [9.17, 15) is 17.6 Å². The summed E-state index contributed by atoms with van der Waals surface area (Å²) in [6.45, 7) is 0. The molecule has 74 valence electrons. The van der Waals surface area contributed by atoms with E-state index in [1.807, 2.05) is 0 Å². The molecule has 0 spiro atoms. The van der Waals surface area contributed by atoms with Gasteiger partial charge in [-0.05, 0) is 0 Å². The maximum atomic E-state index is 12.5. The summed E-state index contributed by atoms with van der Waals surface area (Å²) < 4.78 is 39.8. The lowest BCUT2D eigenvalue weighted by atomic mass is 10.4. The first-order valence-corrected chi connectivity index (χ1v) is 4.68. The average Bonchev–Trinajstić information content (AvgIpc) is 2.05. The predicted octanol–water partition coefficient (Wildman–Crippen LogP) is -1.02. The zero-order valence-corrected chi connectivity index (χ0v) is 7.21. The van der Waals surface area contributed by atoms with E-state index in [1.165, 1.54) is 4.72 Å². The van der Waals surface area contributed by atoms with Crippen molar-refractivity contribution in [1.29, 1.82) is 0 Å². The third-order valence-corrected chi connectivity index (χ3v) is 2.14. The highest BCUT2D eigenvalue weighted by molar-refractivity contribution is 7.85. The summed E-state index contributed by atoms with van der Waals surface area (Å²) in [7, 11) is -4.18. The van der Waals surface area contributed by atoms with Crippen LogP contribution in [0, 0.1) is 5.95 Å². The fraction of sp³-hybridized carbons (Fsp3) is 0. The standard InChI is InChI=1S/C5H2FN3O4S/c6-2-1-7-5-3(8-2)4(10)9-14(11,12)13-5/h1H,(H,9,10). The number of nitrogens with one attached hydrogen (secondary N) is 1. The smallest absolute Gasteiger partial charge is 0.343 e. The van der Waals surface area contributed by atoms with Gasteiger partial charge >= 0.3 is 10.3 Å². The Labute approximate surface area is 77.2 Å². The van der Waals surface area contributed by atoms with E-state index in [1.54, 1.807) is 0 Å². The Balaban J connectivity index is 2.62. The van der Waals surface area contributed by atoms with Gasteiger partial charge in [0.25, 0.3) is 11.8 Å². The van der Waals surface area contributed by atoms with E-state index >= 15 is 0 Å². The molecule has 0 saturated carbocycles. The van der Waals surface area contributed by atoms with Crippen molar-refractivity contribution in [3.05, 3.63) is 17.8 Å². The normalized spacial score (nSPS) is 17.9. The van der Waals surface area contributed by atoms with Gasteiger partial charge in [0.1, 0.15) is 0 Å². The number of halogens is 1. The Bertz CT molecular complexity index is 514. The van der Waals surface area contributed by atoms with Crippen molar-refractivity contribution in [3.63, 3.8) is 0 Å². The Morgan fingerprint density at radius 2 is 2.21 bits per heavy atom. The van der Waals surface area contributed by atoms with Crippen LogP contribution in [0.15, 0.2) is 6.20 Å². The second-order valence-corrected chi connectivity index (χ2v) is 3.59. The monoisotopic (exact) mass is 219 g/mol. The lowest BCUT2D eigenvalue weighted by Crippen LogP contribution is -2.39. The Morgan fingerprint density at radius 3 is 2.93 bits per heavy atom. The minimum absolute atomic E-state index is 0.500. The highest BCUT2D eigenvalue weighted by atomic mass is 32.2. The first-order valence-electron chi connectivity index (χ1n) is 3.27. The van der Waals surface area contributed by atoms with Crippen LogP contribution in [0.2, 0.25) is 0 Å². The SMILES string of the molecule is O=C1NS(=O)(=O)Oc2ncc(F)nc21. The van der Waals surface area contributed by atoms with Crippen LogP contribution in [-0.2, 0) is 10.3 Å². The van der Waals surface area contributed by atoms with E-state index in [-0.39, 0.29) is 0 Å². The average molecular weight is 219 g/mol. The molecule has 0 fully saturated rings. The molecule has 0 aromatic carbocycles. The molecular formula is C5H2FN3O4S. The first-order chi connectivity index (χ1) is 6.48. The number of nitrogens with zero attached hydrogens (tertiary/aromatic N) is 2. The van der Waals surface area contributed by atoms with Gasteiger partial charge in [0, 0.05) is 0 Å². The fourth-order valence-electron chi connectivity index (χ4n) is 0.852. The number of rotatable bonds is 0. The van der Waals surface area contributed by atoms with Crippen molar-refractivity contribution in [2.45, 2.75) is 0 Å². The van der Waals surface area contributed by atoms with E-state index < -0.39 is 33.7 Å². The highest BCUT2D eigenvalue weighted by Crippen LogP contribution is 2.18. The molecule has 1 aromatic rings. The van der Waals surface area contributed by atoms with Crippen molar-refractivity contribution in [2.75, 3.05) is 0 Å². The van der Waals surface area contributed by atoms with Crippen molar-refractivity contribution in [1.82, 2.24) is 14.7 Å². The van der Waals surface area contributed by atoms with Crippen LogP contribution in [0.3, 0.4) is 0 Å². The molecular weight excluding hydrogens is 217 g/mol. The third-order valence-electron chi connectivity index (χ3n) is 1.33. The molecule has 0 unspecified atom stereocenters. The molecule has 7 nitrogen and oxygen atoms in total. The maximum Gasteiger partial charge on any atom is 0.411 e. The lowest BCUT2D eigenvalue weighted by Gasteiger charge is -2.13. The summed E-state index contributed by atoms with van der Waals surface area (Å²) in [5.41, 5.74) is -0.500. The van der Waals surface area contributed by atoms with Crippen molar-refractivity contribution >= 4 is 16.2 Å². The van der Waals surface area contributed by atoms with E-state index in [2.05, 4.69) is 14.2 Å². The van der Waals surface area contributed by atoms with Crippen LogP contribution in [0.1, 0.15) is 10.5 Å². The number of hydrogen-bond donors (Lipinski definition) is 1. The minimum atomic E-state index is -4.18. The number of carbonyl (C=O) groups excluding carboxylic acids is 1. The molecule has 2 heterocycles. The van der Waals surface area contributed by atoms with Gasteiger partial charge in [0.05, 0.1) is 6.20 Å². The molecule has 1 amide bonds. The Kier molecular flexibility index (Phi) is 1.64. The molecule has 0 bridgehead atoms. The maximum absolute atomic E-state index is 12.5. The second-order valence-electron chi connectivity index (χ2n) is 2.32. The van der Waals surface area contributed by atoms with Gasteiger partial charge in [0.15, 0.2) is 5.69 Å². The van der Waals surface area contributed by atoms with Gasteiger partial charge in [-0.25, -0.2) is 14.7 Å². The summed E-state index contributed by atoms with van der Waals surface area (Å²) in [6.07, 6.45) is 0.646. The summed E-state index contributed by atoms with van der Waals surface area (Å²) in [4.78, 5) is 17.4. The van der Waals surface area contributed by atoms with Crippen molar-refractivity contribution in [2.24, 2.45) is 0 Å². The van der Waals surface area contributed by atoms with Gasteiger partial charge in [0.2, 0.25) is 5.95 Å². The van der Waals surface area contributed by atoms with Gasteiger partial charge in [-0.3, -0.25) is 4.79 Å². The lowest BCUT2D eigenvalue weighted by molar-refractivity contribution is 0.0962. The van der Waals surface area contributed by atoms with Crippen LogP contribution >= 0.6 is 0 Å². The topological polar surface area (TPSA) is 98.2 Å². The molecule has 14 heavy (non-hydrogen) atoms. The van der Waals surface area contributed by atoms with Crippen LogP contribution in [0.25, 0.3) is 0 Å². The molecule has 2 rings (SSSR count).